The molecule has 1 heterocycles. The fraction of sp³-hybridized carbons (Fsp3) is 0.286. The molecule has 0 saturated heterocycles. The Balaban J connectivity index is 2.49. The Morgan fingerprint density at radius 3 is 2.22 bits per heavy atom. The van der Waals surface area contributed by atoms with Crippen molar-refractivity contribution < 1.29 is 8.42 Å². The summed E-state index contributed by atoms with van der Waals surface area (Å²) in [7, 11) is -3.42. The van der Waals surface area contributed by atoms with Gasteiger partial charge in [-0.2, -0.15) is 0 Å². The van der Waals surface area contributed by atoms with Gasteiger partial charge in [-0.3, -0.25) is 4.31 Å². The molecule has 94 valence electrons. The lowest BCUT2D eigenvalue weighted by Crippen LogP contribution is -2.43. The van der Waals surface area contributed by atoms with E-state index in [0.717, 1.165) is 16.5 Å². The quantitative estimate of drug-likeness (QED) is 0.730. The summed E-state index contributed by atoms with van der Waals surface area (Å²) in [5.74, 6) is 0. The summed E-state index contributed by atoms with van der Waals surface area (Å²) in [5.41, 5.74) is 0.321. The van der Waals surface area contributed by atoms with Gasteiger partial charge in [-0.1, -0.05) is 24.3 Å². The second-order valence-corrected chi connectivity index (χ2v) is 7.33. The lowest BCUT2D eigenvalue weighted by molar-refractivity contribution is 0.540. The molecule has 0 N–H and O–H groups in total. The van der Waals surface area contributed by atoms with E-state index in [1.807, 2.05) is 45.0 Å². The van der Waals surface area contributed by atoms with Gasteiger partial charge in [-0.15, -0.1) is 0 Å². The molecule has 0 aromatic heterocycles. The maximum Gasteiger partial charge on any atom is 0.265 e. The SMILES string of the molecule is CC(C)(C)N1c2cccc3cccc(c23)S1(=O)=O. The van der Waals surface area contributed by atoms with Gasteiger partial charge < -0.3 is 0 Å². The number of sulfonamides is 1. The largest absolute Gasteiger partial charge is 0.265 e. The highest BCUT2D eigenvalue weighted by Gasteiger charge is 2.41. The minimum absolute atomic E-state index is 0.422. The maximum atomic E-state index is 12.6. The van der Waals surface area contributed by atoms with Gasteiger partial charge in [0.1, 0.15) is 0 Å². The van der Waals surface area contributed by atoms with E-state index in [2.05, 4.69) is 0 Å². The summed E-state index contributed by atoms with van der Waals surface area (Å²) >= 11 is 0. The van der Waals surface area contributed by atoms with E-state index in [4.69, 9.17) is 0 Å². The lowest BCUT2D eigenvalue weighted by Gasteiger charge is -2.32. The third kappa shape index (κ3) is 1.32. The van der Waals surface area contributed by atoms with Crippen molar-refractivity contribution in [3.8, 4) is 0 Å². The molecule has 0 saturated carbocycles. The van der Waals surface area contributed by atoms with Crippen LogP contribution in [0.4, 0.5) is 5.69 Å². The predicted molar refractivity (Wildman–Crippen MR) is 73.4 cm³/mol. The Labute approximate surface area is 107 Å². The molecule has 1 aliphatic rings. The van der Waals surface area contributed by atoms with Crippen molar-refractivity contribution in [3.05, 3.63) is 36.4 Å². The van der Waals surface area contributed by atoms with Gasteiger partial charge in [0.05, 0.1) is 10.6 Å². The number of rotatable bonds is 0. The summed E-state index contributed by atoms with van der Waals surface area (Å²) in [6.45, 7) is 5.74. The van der Waals surface area contributed by atoms with Gasteiger partial charge in [0.25, 0.3) is 10.0 Å². The Hall–Kier alpha value is -1.55. The summed E-state index contributed by atoms with van der Waals surface area (Å²) in [6, 6.07) is 11.2. The van der Waals surface area contributed by atoms with Crippen LogP contribution in [-0.4, -0.2) is 14.0 Å². The molecule has 0 atom stereocenters. The fourth-order valence-corrected chi connectivity index (χ4v) is 4.68. The second kappa shape index (κ2) is 3.26. The van der Waals surface area contributed by atoms with Gasteiger partial charge in [-0.05, 0) is 38.3 Å². The van der Waals surface area contributed by atoms with Gasteiger partial charge in [-0.25, -0.2) is 8.42 Å². The molecule has 1 aliphatic heterocycles. The van der Waals surface area contributed by atoms with Crippen LogP contribution >= 0.6 is 0 Å². The van der Waals surface area contributed by atoms with E-state index in [1.165, 1.54) is 4.31 Å². The minimum atomic E-state index is -3.42. The zero-order valence-corrected chi connectivity index (χ0v) is 11.5. The van der Waals surface area contributed by atoms with Crippen LogP contribution in [-0.2, 0) is 10.0 Å². The topological polar surface area (TPSA) is 37.4 Å². The number of hydrogen-bond donors (Lipinski definition) is 0. The van der Waals surface area contributed by atoms with Gasteiger partial charge in [0, 0.05) is 10.9 Å². The zero-order valence-electron chi connectivity index (χ0n) is 10.6. The van der Waals surface area contributed by atoms with Crippen LogP contribution in [0.25, 0.3) is 10.8 Å². The highest BCUT2D eigenvalue weighted by atomic mass is 32.2. The number of benzene rings is 2. The van der Waals surface area contributed by atoms with E-state index in [1.54, 1.807) is 12.1 Å². The smallest absolute Gasteiger partial charge is 0.260 e. The van der Waals surface area contributed by atoms with Crippen LogP contribution in [0, 0.1) is 0 Å². The standard InChI is InChI=1S/C14H15NO2S/c1-14(2,3)15-11-8-4-6-10-7-5-9-12(13(10)11)18(15,16)17/h4-9H,1-3H3. The molecule has 0 amide bonds. The van der Waals surface area contributed by atoms with Crippen molar-refractivity contribution in [2.24, 2.45) is 0 Å². The number of anilines is 1. The first-order chi connectivity index (χ1) is 8.33. The second-order valence-electron chi connectivity index (χ2n) is 5.57. The molecule has 0 fully saturated rings. The molecule has 2 aromatic rings. The molecule has 4 heteroatoms. The Bertz CT molecular complexity index is 737. The van der Waals surface area contributed by atoms with Crippen LogP contribution in [0.5, 0.6) is 0 Å². The van der Waals surface area contributed by atoms with Crippen LogP contribution in [0.3, 0.4) is 0 Å². The van der Waals surface area contributed by atoms with Crippen LogP contribution in [0.1, 0.15) is 20.8 Å². The Kier molecular flexibility index (Phi) is 2.09. The minimum Gasteiger partial charge on any atom is -0.260 e. The van der Waals surface area contributed by atoms with Crippen LogP contribution < -0.4 is 4.31 Å². The molecule has 2 aromatic carbocycles. The predicted octanol–water partition coefficient (Wildman–Crippen LogP) is 3.15. The van der Waals surface area contributed by atoms with Gasteiger partial charge in [0.2, 0.25) is 0 Å². The van der Waals surface area contributed by atoms with E-state index in [0.29, 0.717) is 4.90 Å². The molecule has 0 aliphatic carbocycles. The molecule has 3 nitrogen and oxygen atoms in total. The monoisotopic (exact) mass is 261 g/mol. The van der Waals surface area contributed by atoms with E-state index < -0.39 is 15.6 Å². The van der Waals surface area contributed by atoms with Crippen molar-refractivity contribution in [3.63, 3.8) is 0 Å². The van der Waals surface area contributed by atoms with Crippen molar-refractivity contribution in [2.45, 2.75) is 31.2 Å². The first kappa shape index (κ1) is 11.5. The average molecular weight is 261 g/mol. The molecule has 18 heavy (non-hydrogen) atoms. The lowest BCUT2D eigenvalue weighted by atomic mass is 10.0. The summed E-state index contributed by atoms with van der Waals surface area (Å²) in [5, 5.41) is 1.82. The molecule has 0 spiro atoms. The van der Waals surface area contributed by atoms with Crippen molar-refractivity contribution in [1.29, 1.82) is 0 Å². The highest BCUT2D eigenvalue weighted by Crippen LogP contribution is 2.45. The molecule has 3 rings (SSSR count). The van der Waals surface area contributed by atoms with Crippen molar-refractivity contribution >= 4 is 26.5 Å². The zero-order chi connectivity index (χ0) is 13.1. The summed E-state index contributed by atoms with van der Waals surface area (Å²) < 4.78 is 26.8. The molecular formula is C14H15NO2S. The van der Waals surface area contributed by atoms with Crippen molar-refractivity contribution in [2.75, 3.05) is 4.31 Å². The highest BCUT2D eigenvalue weighted by molar-refractivity contribution is 7.93. The van der Waals surface area contributed by atoms with Gasteiger partial charge in [0.15, 0.2) is 0 Å². The third-order valence-corrected chi connectivity index (χ3v) is 5.31. The normalized spacial score (nSPS) is 17.4. The maximum absolute atomic E-state index is 12.6. The third-order valence-electron chi connectivity index (χ3n) is 3.19. The molecule has 0 radical (unpaired) electrons. The van der Waals surface area contributed by atoms with Crippen molar-refractivity contribution in [1.82, 2.24) is 0 Å². The van der Waals surface area contributed by atoms with E-state index >= 15 is 0 Å². The Morgan fingerprint density at radius 2 is 1.61 bits per heavy atom. The molecule has 0 unspecified atom stereocenters. The van der Waals surface area contributed by atoms with E-state index in [-0.39, 0.29) is 0 Å². The van der Waals surface area contributed by atoms with Crippen LogP contribution in [0.2, 0.25) is 0 Å². The summed E-state index contributed by atoms with van der Waals surface area (Å²) in [6.07, 6.45) is 0. The molecule has 0 bridgehead atoms. The number of nitrogens with zero attached hydrogens (tertiary/aromatic N) is 1. The number of hydrogen-bond acceptors (Lipinski definition) is 2. The fourth-order valence-electron chi connectivity index (χ4n) is 2.62. The summed E-state index contributed by atoms with van der Waals surface area (Å²) in [4.78, 5) is 0.422. The van der Waals surface area contributed by atoms with Crippen LogP contribution in [0.15, 0.2) is 41.3 Å². The molecular weight excluding hydrogens is 246 g/mol. The first-order valence-corrected chi connectivity index (χ1v) is 7.35. The Morgan fingerprint density at radius 1 is 1.00 bits per heavy atom. The first-order valence-electron chi connectivity index (χ1n) is 5.91. The van der Waals surface area contributed by atoms with Gasteiger partial charge >= 0.3 is 0 Å². The average Bonchev–Trinajstić information content (AvgIpc) is 2.49. The van der Waals surface area contributed by atoms with E-state index in [9.17, 15) is 8.42 Å².